The number of alkyl halides is 3. The van der Waals surface area contributed by atoms with E-state index in [9.17, 15) is 13.2 Å². The molecule has 19 heavy (non-hydrogen) atoms. The molecule has 0 amide bonds. The molecule has 0 aliphatic carbocycles. The van der Waals surface area contributed by atoms with E-state index in [4.69, 9.17) is 0 Å². The number of pyridine rings is 1. The third-order valence-electron chi connectivity index (χ3n) is 2.42. The molecule has 0 aliphatic rings. The van der Waals surface area contributed by atoms with Crippen molar-refractivity contribution < 1.29 is 13.2 Å². The van der Waals surface area contributed by atoms with Gasteiger partial charge in [-0.2, -0.15) is 13.2 Å². The Hall–Kier alpha value is -1.26. The first kappa shape index (κ1) is 15.8. The number of hydrogen-bond acceptors (Lipinski definition) is 2. The fourth-order valence-electron chi connectivity index (χ4n) is 1.53. The zero-order valence-corrected chi connectivity index (χ0v) is 12.2. The predicted octanol–water partition coefficient (Wildman–Crippen LogP) is 4.61. The number of anilines is 1. The fraction of sp³-hybridized carbons (Fsp3) is 0.643. The summed E-state index contributed by atoms with van der Waals surface area (Å²) < 4.78 is 38.7. The lowest BCUT2D eigenvalue weighted by atomic mass is 9.90. The van der Waals surface area contributed by atoms with Crippen LogP contribution >= 0.6 is 0 Å². The smallest absolute Gasteiger partial charge is 0.365 e. The molecule has 0 fully saturated rings. The predicted molar refractivity (Wildman–Crippen MR) is 71.3 cm³/mol. The fourth-order valence-corrected chi connectivity index (χ4v) is 1.53. The molecule has 1 heterocycles. The van der Waals surface area contributed by atoms with E-state index in [-0.39, 0.29) is 11.4 Å². The van der Waals surface area contributed by atoms with E-state index in [0.29, 0.717) is 5.69 Å². The normalized spacial score (nSPS) is 13.5. The Balaban J connectivity index is 3.33. The number of rotatable bonds is 1. The molecule has 0 spiro atoms. The summed E-state index contributed by atoms with van der Waals surface area (Å²) in [5.41, 5.74) is -1.02. The monoisotopic (exact) mass is 274 g/mol. The molecule has 1 N–H and O–H groups in total. The van der Waals surface area contributed by atoms with E-state index in [2.05, 4.69) is 10.3 Å². The summed E-state index contributed by atoms with van der Waals surface area (Å²) in [6.07, 6.45) is -4.36. The molecule has 1 aromatic rings. The van der Waals surface area contributed by atoms with Crippen LogP contribution in [0.3, 0.4) is 0 Å². The summed E-state index contributed by atoms with van der Waals surface area (Å²) in [5, 5.41) is 3.00. The number of hydrogen-bond donors (Lipinski definition) is 1. The van der Waals surface area contributed by atoms with Gasteiger partial charge in [-0.15, -0.1) is 0 Å². The number of halogens is 3. The van der Waals surface area contributed by atoms with Crippen molar-refractivity contribution in [1.82, 2.24) is 4.98 Å². The van der Waals surface area contributed by atoms with Crippen LogP contribution in [-0.4, -0.2) is 10.5 Å². The second kappa shape index (κ2) is 4.69. The Morgan fingerprint density at radius 1 is 0.947 bits per heavy atom. The molecule has 0 saturated carbocycles. The van der Waals surface area contributed by atoms with Gasteiger partial charge < -0.3 is 5.32 Å². The zero-order chi connectivity index (χ0) is 15.1. The molecular weight excluding hydrogens is 253 g/mol. The maximum Gasteiger partial charge on any atom is 0.416 e. The Bertz CT molecular complexity index is 419. The molecule has 108 valence electrons. The van der Waals surface area contributed by atoms with Crippen molar-refractivity contribution in [2.45, 2.75) is 58.7 Å². The highest BCUT2D eigenvalue weighted by atomic mass is 19.4. The summed E-state index contributed by atoms with van der Waals surface area (Å²) in [5.74, 6) is 0.257. The summed E-state index contributed by atoms with van der Waals surface area (Å²) in [6, 6.07) is 2.17. The van der Waals surface area contributed by atoms with E-state index in [1.54, 1.807) is 0 Å². The topological polar surface area (TPSA) is 24.9 Å². The molecule has 2 nitrogen and oxygen atoms in total. The van der Waals surface area contributed by atoms with Gasteiger partial charge in [-0.1, -0.05) is 20.8 Å². The highest BCUT2D eigenvalue weighted by molar-refractivity contribution is 5.43. The molecule has 0 saturated heterocycles. The maximum atomic E-state index is 12.9. The lowest BCUT2D eigenvalue weighted by molar-refractivity contribution is -0.137. The molecule has 0 unspecified atom stereocenters. The molecule has 1 rings (SSSR count). The molecule has 0 radical (unpaired) electrons. The van der Waals surface area contributed by atoms with Crippen molar-refractivity contribution in [3.63, 3.8) is 0 Å². The average molecular weight is 274 g/mol. The molecule has 1 aromatic heterocycles. The summed E-state index contributed by atoms with van der Waals surface area (Å²) >= 11 is 0. The molecule has 0 bridgehead atoms. The van der Waals surface area contributed by atoms with Gasteiger partial charge in [0.2, 0.25) is 0 Å². The molecule has 0 atom stereocenters. The average Bonchev–Trinajstić information content (AvgIpc) is 2.11. The minimum absolute atomic E-state index is 0.257. The van der Waals surface area contributed by atoms with Crippen LogP contribution in [0.25, 0.3) is 0 Å². The van der Waals surface area contributed by atoms with Crippen LogP contribution < -0.4 is 5.32 Å². The van der Waals surface area contributed by atoms with Crippen LogP contribution in [0.4, 0.5) is 19.0 Å². The van der Waals surface area contributed by atoms with Gasteiger partial charge in [0.1, 0.15) is 5.82 Å². The van der Waals surface area contributed by atoms with E-state index in [0.717, 1.165) is 12.1 Å². The van der Waals surface area contributed by atoms with E-state index >= 15 is 0 Å². The SMILES string of the molecule is CC(C)(C)Nc1cc(C(F)(F)F)cc(C(C)(C)C)n1. The maximum absolute atomic E-state index is 12.9. The Morgan fingerprint density at radius 2 is 1.47 bits per heavy atom. The van der Waals surface area contributed by atoms with Crippen molar-refractivity contribution in [3.05, 3.63) is 23.4 Å². The van der Waals surface area contributed by atoms with Gasteiger partial charge in [-0.25, -0.2) is 4.98 Å². The minimum atomic E-state index is -4.36. The van der Waals surface area contributed by atoms with Crippen LogP contribution in [0, 0.1) is 0 Å². The van der Waals surface area contributed by atoms with Crippen molar-refractivity contribution in [1.29, 1.82) is 0 Å². The van der Waals surface area contributed by atoms with Gasteiger partial charge >= 0.3 is 6.18 Å². The van der Waals surface area contributed by atoms with Crippen LogP contribution in [-0.2, 0) is 11.6 Å². The van der Waals surface area contributed by atoms with Crippen molar-refractivity contribution in [2.75, 3.05) is 5.32 Å². The van der Waals surface area contributed by atoms with Crippen LogP contribution in [0.15, 0.2) is 12.1 Å². The van der Waals surface area contributed by atoms with Gasteiger partial charge in [0.05, 0.1) is 5.56 Å². The quantitative estimate of drug-likeness (QED) is 0.809. The zero-order valence-electron chi connectivity index (χ0n) is 12.2. The highest BCUT2D eigenvalue weighted by Gasteiger charge is 2.33. The molecular formula is C14H21F3N2. The second-order valence-corrected chi connectivity index (χ2v) is 6.75. The first-order valence-corrected chi connectivity index (χ1v) is 6.17. The van der Waals surface area contributed by atoms with Crippen LogP contribution in [0.5, 0.6) is 0 Å². The van der Waals surface area contributed by atoms with Gasteiger partial charge in [0.15, 0.2) is 0 Å². The van der Waals surface area contributed by atoms with Crippen molar-refractivity contribution in [2.24, 2.45) is 0 Å². The highest BCUT2D eigenvalue weighted by Crippen LogP contribution is 2.34. The summed E-state index contributed by atoms with van der Waals surface area (Å²) in [4.78, 5) is 4.29. The molecule has 0 aromatic carbocycles. The standard InChI is InChI=1S/C14H21F3N2/c1-12(2,3)10-7-9(14(15,16)17)8-11(18-10)19-13(4,5)6/h7-8H,1-6H3,(H,18,19). The summed E-state index contributed by atoms with van der Waals surface area (Å²) in [7, 11) is 0. The van der Waals surface area contributed by atoms with Crippen molar-refractivity contribution in [3.8, 4) is 0 Å². The van der Waals surface area contributed by atoms with Gasteiger partial charge in [0.25, 0.3) is 0 Å². The van der Waals surface area contributed by atoms with Gasteiger partial charge in [-0.3, -0.25) is 0 Å². The summed E-state index contributed by atoms with van der Waals surface area (Å²) in [6.45, 7) is 11.2. The van der Waals surface area contributed by atoms with Crippen LogP contribution in [0.2, 0.25) is 0 Å². The largest absolute Gasteiger partial charge is 0.416 e. The van der Waals surface area contributed by atoms with Crippen molar-refractivity contribution >= 4 is 5.82 Å². The second-order valence-electron chi connectivity index (χ2n) is 6.75. The van der Waals surface area contributed by atoms with E-state index < -0.39 is 17.2 Å². The van der Waals surface area contributed by atoms with Crippen LogP contribution in [0.1, 0.15) is 52.8 Å². The van der Waals surface area contributed by atoms with Gasteiger partial charge in [0, 0.05) is 16.6 Å². The van der Waals surface area contributed by atoms with Gasteiger partial charge in [-0.05, 0) is 32.9 Å². The van der Waals surface area contributed by atoms with E-state index in [1.807, 2.05) is 41.5 Å². The minimum Gasteiger partial charge on any atom is -0.365 e. The number of nitrogens with zero attached hydrogens (tertiary/aromatic N) is 1. The number of aromatic nitrogens is 1. The third kappa shape index (κ3) is 4.73. The lowest BCUT2D eigenvalue weighted by Crippen LogP contribution is -2.28. The molecule has 5 heteroatoms. The van der Waals surface area contributed by atoms with E-state index in [1.165, 1.54) is 0 Å². The molecule has 0 aliphatic heterocycles. The lowest BCUT2D eigenvalue weighted by Gasteiger charge is -2.25. The first-order chi connectivity index (χ1) is 8.29. The Morgan fingerprint density at radius 3 is 1.84 bits per heavy atom. The first-order valence-electron chi connectivity index (χ1n) is 6.17. The Labute approximate surface area is 112 Å². The third-order valence-corrected chi connectivity index (χ3v) is 2.42. The Kier molecular flexibility index (Phi) is 3.90. The number of nitrogens with one attached hydrogen (secondary N) is 1.